The molecule has 28 heavy (non-hydrogen) atoms. The third kappa shape index (κ3) is 2.93. The van der Waals surface area contributed by atoms with E-state index in [1.165, 1.54) is 4.68 Å². The van der Waals surface area contributed by atoms with Crippen molar-refractivity contribution >= 4 is 11.3 Å². The molecule has 8 heteroatoms. The highest BCUT2D eigenvalue weighted by atomic mass is 32.1. The molecule has 0 saturated carbocycles. The van der Waals surface area contributed by atoms with Crippen LogP contribution in [0.5, 0.6) is 0 Å². The van der Waals surface area contributed by atoms with Crippen LogP contribution in [-0.2, 0) is 25.0 Å². The number of likely N-dealkylation sites (tertiary alicyclic amines) is 1. The quantitative estimate of drug-likeness (QED) is 0.626. The van der Waals surface area contributed by atoms with Crippen molar-refractivity contribution in [2.75, 3.05) is 13.1 Å². The van der Waals surface area contributed by atoms with Crippen molar-refractivity contribution in [2.45, 2.75) is 37.9 Å². The van der Waals surface area contributed by atoms with Gasteiger partial charge in [0, 0.05) is 36.1 Å². The van der Waals surface area contributed by atoms with Crippen LogP contribution >= 0.6 is 11.3 Å². The standard InChI is InChI=1S/C20H21N5O2S/c26-17-18(27)25(13-16-5-3-11-28-16)22-19-20(7-10-24(17)19)6-9-23(14-20)12-15-4-1-2-8-21-15/h1-5,8,11H,6-7,9-10,12-14H2/t20-/m0/s1. The van der Waals surface area contributed by atoms with E-state index in [9.17, 15) is 9.59 Å². The van der Waals surface area contributed by atoms with Crippen LogP contribution in [0.2, 0.25) is 0 Å². The van der Waals surface area contributed by atoms with Crippen molar-refractivity contribution in [3.63, 3.8) is 0 Å². The van der Waals surface area contributed by atoms with Crippen molar-refractivity contribution in [2.24, 2.45) is 0 Å². The summed E-state index contributed by atoms with van der Waals surface area (Å²) >= 11 is 1.57. The van der Waals surface area contributed by atoms with Gasteiger partial charge in [0.25, 0.3) is 0 Å². The van der Waals surface area contributed by atoms with Crippen molar-refractivity contribution in [1.82, 2.24) is 24.2 Å². The molecule has 0 bridgehead atoms. The lowest BCUT2D eigenvalue weighted by atomic mass is 9.85. The minimum Gasteiger partial charge on any atom is -0.296 e. The molecule has 0 aromatic carbocycles. The first kappa shape index (κ1) is 17.5. The van der Waals surface area contributed by atoms with Crippen molar-refractivity contribution in [3.8, 4) is 0 Å². The molecule has 0 unspecified atom stereocenters. The fourth-order valence-electron chi connectivity index (χ4n) is 4.43. The number of pyridine rings is 1. The van der Waals surface area contributed by atoms with Gasteiger partial charge < -0.3 is 0 Å². The minimum absolute atomic E-state index is 0.154. The third-order valence-electron chi connectivity index (χ3n) is 5.85. The molecule has 144 valence electrons. The first-order valence-corrected chi connectivity index (χ1v) is 10.4. The van der Waals surface area contributed by atoms with E-state index in [0.717, 1.165) is 48.9 Å². The summed E-state index contributed by atoms with van der Waals surface area (Å²) in [5.41, 5.74) is -0.0801. The molecule has 1 spiro atoms. The monoisotopic (exact) mass is 395 g/mol. The van der Waals surface area contributed by atoms with Gasteiger partial charge in [-0.1, -0.05) is 12.1 Å². The number of hydrogen-bond acceptors (Lipinski definition) is 6. The topological polar surface area (TPSA) is 73.0 Å². The molecule has 1 fully saturated rings. The first-order chi connectivity index (χ1) is 13.6. The number of rotatable bonds is 4. The van der Waals surface area contributed by atoms with Gasteiger partial charge in [-0.15, -0.1) is 11.3 Å². The second-order valence-electron chi connectivity index (χ2n) is 7.63. The van der Waals surface area contributed by atoms with Gasteiger partial charge in [0.15, 0.2) is 0 Å². The Labute approximate surface area is 165 Å². The Morgan fingerprint density at radius 3 is 2.71 bits per heavy atom. The second-order valence-corrected chi connectivity index (χ2v) is 8.67. The normalized spacial score (nSPS) is 21.4. The molecule has 1 saturated heterocycles. The summed E-state index contributed by atoms with van der Waals surface area (Å²) in [4.78, 5) is 33.0. The number of nitrogens with zero attached hydrogens (tertiary/aromatic N) is 5. The third-order valence-corrected chi connectivity index (χ3v) is 6.71. The van der Waals surface area contributed by atoms with Crippen molar-refractivity contribution in [1.29, 1.82) is 0 Å². The van der Waals surface area contributed by atoms with Gasteiger partial charge in [-0.2, -0.15) is 5.10 Å². The fourth-order valence-corrected chi connectivity index (χ4v) is 5.12. The van der Waals surface area contributed by atoms with Gasteiger partial charge in [0.2, 0.25) is 0 Å². The van der Waals surface area contributed by atoms with Crippen LogP contribution in [0, 0.1) is 0 Å². The minimum atomic E-state index is -0.530. The van der Waals surface area contributed by atoms with Crippen molar-refractivity contribution in [3.05, 3.63) is 79.0 Å². The van der Waals surface area contributed by atoms with E-state index in [2.05, 4.69) is 9.88 Å². The van der Waals surface area contributed by atoms with E-state index in [-0.39, 0.29) is 5.41 Å². The highest BCUT2D eigenvalue weighted by Gasteiger charge is 2.47. The van der Waals surface area contributed by atoms with Crippen LogP contribution in [-0.4, -0.2) is 37.3 Å². The van der Waals surface area contributed by atoms with E-state index in [4.69, 9.17) is 5.10 Å². The lowest BCUT2D eigenvalue weighted by molar-refractivity contribution is 0.295. The van der Waals surface area contributed by atoms with Crippen molar-refractivity contribution < 1.29 is 0 Å². The molecule has 3 aromatic heterocycles. The predicted octanol–water partition coefficient (Wildman–Crippen LogP) is 1.46. The lowest BCUT2D eigenvalue weighted by Crippen LogP contribution is -2.45. The van der Waals surface area contributed by atoms with Gasteiger partial charge >= 0.3 is 11.1 Å². The van der Waals surface area contributed by atoms with E-state index in [1.54, 1.807) is 15.9 Å². The fraction of sp³-hybridized carbons (Fsp3) is 0.400. The molecule has 2 aliphatic heterocycles. The van der Waals surface area contributed by atoms with E-state index < -0.39 is 11.1 Å². The average Bonchev–Trinajstić information content (AvgIpc) is 3.43. The smallest absolute Gasteiger partial charge is 0.296 e. The highest BCUT2D eigenvalue weighted by Crippen LogP contribution is 2.40. The maximum absolute atomic E-state index is 12.7. The summed E-state index contributed by atoms with van der Waals surface area (Å²) in [6.07, 6.45) is 3.62. The Hall–Kier alpha value is -2.58. The number of fused-ring (bicyclic) bond motifs is 2. The van der Waals surface area contributed by atoms with Crippen LogP contribution in [0.15, 0.2) is 51.5 Å². The highest BCUT2D eigenvalue weighted by molar-refractivity contribution is 7.09. The van der Waals surface area contributed by atoms with E-state index >= 15 is 0 Å². The first-order valence-electron chi connectivity index (χ1n) is 9.52. The van der Waals surface area contributed by atoms with Gasteiger partial charge in [-0.25, -0.2) is 4.68 Å². The van der Waals surface area contributed by atoms with Crippen LogP contribution in [0.1, 0.15) is 29.2 Å². The average molecular weight is 395 g/mol. The SMILES string of the molecule is O=c1c(=O)n2c(nn1Cc1cccs1)[C@@]1(CCN(Cc3ccccn3)C1)CC2. The Morgan fingerprint density at radius 1 is 1.04 bits per heavy atom. The Bertz CT molecular complexity index is 1110. The second kappa shape index (κ2) is 6.79. The summed E-state index contributed by atoms with van der Waals surface area (Å²) in [5.74, 6) is 0.775. The number of aromatic nitrogens is 4. The molecule has 0 radical (unpaired) electrons. The Morgan fingerprint density at radius 2 is 1.93 bits per heavy atom. The molecule has 5 rings (SSSR count). The van der Waals surface area contributed by atoms with Crippen LogP contribution in [0.3, 0.4) is 0 Å². The van der Waals surface area contributed by atoms with Gasteiger partial charge in [0.1, 0.15) is 5.82 Å². The summed E-state index contributed by atoms with van der Waals surface area (Å²) < 4.78 is 2.96. The largest absolute Gasteiger partial charge is 0.332 e. The molecule has 1 atom stereocenters. The summed E-state index contributed by atoms with van der Waals surface area (Å²) in [5, 5.41) is 6.66. The molecule has 5 heterocycles. The number of hydrogen-bond donors (Lipinski definition) is 0. The molecule has 0 aliphatic carbocycles. The molecule has 3 aromatic rings. The van der Waals surface area contributed by atoms with E-state index in [0.29, 0.717) is 13.1 Å². The zero-order valence-electron chi connectivity index (χ0n) is 15.5. The zero-order chi connectivity index (χ0) is 19.1. The van der Waals surface area contributed by atoms with Crippen LogP contribution in [0.25, 0.3) is 0 Å². The molecular formula is C20H21N5O2S. The van der Waals surface area contributed by atoms with Gasteiger partial charge in [-0.05, 0) is 43.0 Å². The van der Waals surface area contributed by atoms with Crippen LogP contribution in [0.4, 0.5) is 0 Å². The Balaban J connectivity index is 1.46. The molecule has 0 N–H and O–H groups in total. The maximum Gasteiger partial charge on any atom is 0.332 e. The predicted molar refractivity (Wildman–Crippen MR) is 107 cm³/mol. The Kier molecular flexibility index (Phi) is 4.25. The van der Waals surface area contributed by atoms with E-state index in [1.807, 2.05) is 41.9 Å². The molecule has 0 amide bonds. The zero-order valence-corrected chi connectivity index (χ0v) is 16.3. The summed E-state index contributed by atoms with van der Waals surface area (Å²) in [7, 11) is 0. The summed E-state index contributed by atoms with van der Waals surface area (Å²) in [6.45, 7) is 3.51. The van der Waals surface area contributed by atoms with Gasteiger partial charge in [0.05, 0.1) is 12.2 Å². The van der Waals surface area contributed by atoms with Gasteiger partial charge in [-0.3, -0.25) is 24.0 Å². The van der Waals surface area contributed by atoms with Crippen LogP contribution < -0.4 is 11.1 Å². The molecular weight excluding hydrogens is 374 g/mol. The number of thiophene rings is 1. The molecule has 7 nitrogen and oxygen atoms in total. The maximum atomic E-state index is 12.7. The summed E-state index contributed by atoms with van der Waals surface area (Å²) in [6, 6.07) is 9.87. The lowest BCUT2D eigenvalue weighted by Gasteiger charge is -2.23. The molecule has 2 aliphatic rings.